The van der Waals surface area contributed by atoms with E-state index in [0.717, 1.165) is 18.6 Å². The van der Waals surface area contributed by atoms with Crippen LogP contribution >= 0.6 is 0 Å². The van der Waals surface area contributed by atoms with Gasteiger partial charge in [-0.15, -0.1) is 0 Å². The Kier molecular flexibility index (Phi) is 6.26. The van der Waals surface area contributed by atoms with E-state index in [1.165, 1.54) is 0 Å². The van der Waals surface area contributed by atoms with Crippen molar-refractivity contribution in [3.8, 4) is 11.5 Å². The number of primary amides is 1. The van der Waals surface area contributed by atoms with E-state index in [2.05, 4.69) is 5.32 Å². The van der Waals surface area contributed by atoms with Gasteiger partial charge in [0.15, 0.2) is 5.78 Å². The van der Waals surface area contributed by atoms with Crippen LogP contribution in [0.5, 0.6) is 11.5 Å². The number of benzene rings is 2. The van der Waals surface area contributed by atoms with Crippen molar-refractivity contribution in [1.29, 1.82) is 0 Å². The number of nitrogens with zero attached hydrogens (tertiary/aromatic N) is 1. The molecule has 2 aromatic carbocycles. The third kappa shape index (κ3) is 5.09. The Hall–Kier alpha value is -3.35. The van der Waals surface area contributed by atoms with Gasteiger partial charge in [-0.25, -0.2) is 4.79 Å². The van der Waals surface area contributed by atoms with E-state index in [-0.39, 0.29) is 24.2 Å². The SMILES string of the molecule is NC(=O)NCC(=O)N1CCC[C@H](C(=O)c2ccc(Oc3ccccc3)cc2)C1. The van der Waals surface area contributed by atoms with Crippen LogP contribution < -0.4 is 15.8 Å². The second-order valence-corrected chi connectivity index (χ2v) is 6.70. The first-order chi connectivity index (χ1) is 13.5. The van der Waals surface area contributed by atoms with Crippen LogP contribution in [0.15, 0.2) is 54.6 Å². The van der Waals surface area contributed by atoms with Gasteiger partial charge in [0, 0.05) is 24.6 Å². The fourth-order valence-electron chi connectivity index (χ4n) is 3.24. The van der Waals surface area contributed by atoms with E-state index in [9.17, 15) is 14.4 Å². The van der Waals surface area contributed by atoms with E-state index < -0.39 is 6.03 Å². The van der Waals surface area contributed by atoms with Crippen LogP contribution in [0, 0.1) is 5.92 Å². The maximum Gasteiger partial charge on any atom is 0.312 e. The number of ketones is 1. The van der Waals surface area contributed by atoms with Crippen molar-refractivity contribution in [2.24, 2.45) is 11.7 Å². The van der Waals surface area contributed by atoms with E-state index in [1.54, 1.807) is 29.2 Å². The van der Waals surface area contributed by atoms with E-state index in [0.29, 0.717) is 24.4 Å². The fraction of sp³-hybridized carbons (Fsp3) is 0.286. The average molecular weight is 381 g/mol. The van der Waals surface area contributed by atoms with Crippen molar-refractivity contribution >= 4 is 17.7 Å². The Morgan fingerprint density at radius 2 is 1.71 bits per heavy atom. The zero-order valence-corrected chi connectivity index (χ0v) is 15.5. The van der Waals surface area contributed by atoms with Crippen LogP contribution in [0.4, 0.5) is 4.79 Å². The minimum atomic E-state index is -0.740. The van der Waals surface area contributed by atoms with Gasteiger partial charge in [0.1, 0.15) is 11.5 Å². The maximum atomic E-state index is 12.8. The van der Waals surface area contributed by atoms with Gasteiger partial charge in [0.25, 0.3) is 0 Å². The molecule has 1 aliphatic heterocycles. The summed E-state index contributed by atoms with van der Waals surface area (Å²) in [5.41, 5.74) is 5.59. The number of urea groups is 1. The van der Waals surface area contributed by atoms with Crippen LogP contribution in [0.3, 0.4) is 0 Å². The zero-order valence-electron chi connectivity index (χ0n) is 15.5. The second-order valence-electron chi connectivity index (χ2n) is 6.70. The molecule has 1 heterocycles. The van der Waals surface area contributed by atoms with Gasteiger partial charge < -0.3 is 20.7 Å². The second kappa shape index (κ2) is 9.03. The number of piperidine rings is 1. The minimum Gasteiger partial charge on any atom is -0.457 e. The van der Waals surface area contributed by atoms with Crippen molar-refractivity contribution in [3.05, 3.63) is 60.2 Å². The number of Topliss-reactive ketones (excluding diaryl/α,β-unsaturated/α-hetero) is 1. The number of carbonyl (C=O) groups excluding carboxylic acids is 3. The summed E-state index contributed by atoms with van der Waals surface area (Å²) in [6.45, 7) is 0.773. The molecule has 0 aliphatic carbocycles. The number of nitrogens with one attached hydrogen (secondary N) is 1. The van der Waals surface area contributed by atoms with E-state index >= 15 is 0 Å². The molecule has 7 heteroatoms. The Balaban J connectivity index is 1.59. The predicted molar refractivity (Wildman–Crippen MR) is 104 cm³/mol. The minimum absolute atomic E-state index is 0.00613. The molecule has 0 aromatic heterocycles. The highest BCUT2D eigenvalue weighted by molar-refractivity contribution is 5.98. The van der Waals surface area contributed by atoms with Crippen molar-refractivity contribution in [3.63, 3.8) is 0 Å². The van der Waals surface area contributed by atoms with Gasteiger partial charge in [-0.2, -0.15) is 0 Å². The molecule has 146 valence electrons. The molecular weight excluding hydrogens is 358 g/mol. The molecule has 0 saturated carbocycles. The monoisotopic (exact) mass is 381 g/mol. The van der Waals surface area contributed by atoms with E-state index in [1.807, 2.05) is 30.3 Å². The summed E-state index contributed by atoms with van der Waals surface area (Å²) < 4.78 is 5.74. The Morgan fingerprint density at radius 3 is 2.39 bits per heavy atom. The van der Waals surface area contributed by atoms with Crippen LogP contribution in [0.2, 0.25) is 0 Å². The lowest BCUT2D eigenvalue weighted by molar-refractivity contribution is -0.131. The molecule has 0 unspecified atom stereocenters. The average Bonchev–Trinajstić information content (AvgIpc) is 2.73. The molecule has 1 aliphatic rings. The van der Waals surface area contributed by atoms with Gasteiger partial charge in [-0.05, 0) is 49.2 Å². The molecule has 3 rings (SSSR count). The quantitative estimate of drug-likeness (QED) is 0.751. The predicted octanol–water partition coefficient (Wildman–Crippen LogP) is 2.57. The van der Waals surface area contributed by atoms with Crippen molar-refractivity contribution in [1.82, 2.24) is 10.2 Å². The highest BCUT2D eigenvalue weighted by Gasteiger charge is 2.29. The lowest BCUT2D eigenvalue weighted by Crippen LogP contribution is -2.47. The smallest absolute Gasteiger partial charge is 0.312 e. The topological polar surface area (TPSA) is 102 Å². The van der Waals surface area contributed by atoms with Gasteiger partial charge in [0.2, 0.25) is 5.91 Å². The molecule has 0 radical (unpaired) electrons. The van der Waals surface area contributed by atoms with Crippen molar-refractivity contribution < 1.29 is 19.1 Å². The number of carbonyl (C=O) groups is 3. The van der Waals surface area contributed by atoms with Crippen molar-refractivity contribution in [2.45, 2.75) is 12.8 Å². The first-order valence-corrected chi connectivity index (χ1v) is 9.21. The molecule has 2 aromatic rings. The molecule has 28 heavy (non-hydrogen) atoms. The molecule has 1 atom stereocenters. The molecule has 3 N–H and O–H groups in total. The third-order valence-electron chi connectivity index (χ3n) is 4.68. The summed E-state index contributed by atoms with van der Waals surface area (Å²) in [5, 5.41) is 2.29. The Morgan fingerprint density at radius 1 is 1.04 bits per heavy atom. The fourth-order valence-corrected chi connectivity index (χ4v) is 3.24. The molecule has 7 nitrogen and oxygen atoms in total. The summed E-state index contributed by atoms with van der Waals surface area (Å²) >= 11 is 0. The van der Waals surface area contributed by atoms with Crippen LogP contribution in [-0.2, 0) is 4.79 Å². The van der Waals surface area contributed by atoms with Gasteiger partial charge in [-0.3, -0.25) is 9.59 Å². The zero-order chi connectivity index (χ0) is 19.9. The van der Waals surface area contributed by atoms with Gasteiger partial charge in [0.05, 0.1) is 6.54 Å². The number of hydrogen-bond donors (Lipinski definition) is 2. The molecule has 1 saturated heterocycles. The number of para-hydroxylation sites is 1. The van der Waals surface area contributed by atoms with Crippen molar-refractivity contribution in [2.75, 3.05) is 19.6 Å². The van der Waals surface area contributed by atoms with Gasteiger partial charge in [-0.1, -0.05) is 18.2 Å². The summed E-state index contributed by atoms with van der Waals surface area (Å²) in [5.74, 6) is 0.898. The molecule has 3 amide bonds. The summed E-state index contributed by atoms with van der Waals surface area (Å²) in [4.78, 5) is 37.4. The summed E-state index contributed by atoms with van der Waals surface area (Å²) in [6, 6.07) is 15.7. The number of likely N-dealkylation sites (tertiary alicyclic amines) is 1. The standard InChI is InChI=1S/C21H23N3O4/c22-21(27)23-13-19(25)24-12-4-5-16(14-24)20(26)15-8-10-18(11-9-15)28-17-6-2-1-3-7-17/h1-3,6-11,16H,4-5,12-14H2,(H3,22,23,27)/t16-/m0/s1. The Labute approximate surface area is 163 Å². The maximum absolute atomic E-state index is 12.8. The van der Waals surface area contributed by atoms with Crippen LogP contribution in [0.25, 0.3) is 0 Å². The molecule has 0 spiro atoms. The first-order valence-electron chi connectivity index (χ1n) is 9.21. The van der Waals surface area contributed by atoms with E-state index in [4.69, 9.17) is 10.5 Å². The lowest BCUT2D eigenvalue weighted by Gasteiger charge is -2.32. The summed E-state index contributed by atoms with van der Waals surface area (Å²) in [7, 11) is 0. The first kappa shape index (κ1) is 19.4. The highest BCUT2D eigenvalue weighted by atomic mass is 16.5. The van der Waals surface area contributed by atoms with Crippen LogP contribution in [-0.4, -0.2) is 42.3 Å². The third-order valence-corrected chi connectivity index (χ3v) is 4.68. The number of ether oxygens (including phenoxy) is 1. The number of nitrogens with two attached hydrogens (primary N) is 1. The van der Waals surface area contributed by atoms with Gasteiger partial charge >= 0.3 is 6.03 Å². The Bertz CT molecular complexity index is 836. The van der Waals surface area contributed by atoms with Crippen LogP contribution in [0.1, 0.15) is 23.2 Å². The number of hydrogen-bond acceptors (Lipinski definition) is 4. The highest BCUT2D eigenvalue weighted by Crippen LogP contribution is 2.24. The molecular formula is C21H23N3O4. The molecule has 0 bridgehead atoms. The number of rotatable bonds is 6. The normalized spacial score (nSPS) is 16.3. The lowest BCUT2D eigenvalue weighted by atomic mass is 9.90. The molecule has 1 fully saturated rings. The number of amides is 3. The largest absolute Gasteiger partial charge is 0.457 e. The summed E-state index contributed by atoms with van der Waals surface area (Å²) in [6.07, 6.45) is 1.47.